The lowest BCUT2D eigenvalue weighted by atomic mass is 10.3. The number of carbonyl (C=O) groups is 2. The first-order valence-electron chi connectivity index (χ1n) is 5.43. The van der Waals surface area contributed by atoms with E-state index in [-0.39, 0.29) is 11.8 Å². The molecular weight excluding hydrogens is 194 g/mol. The molecule has 86 valence electrons. The van der Waals surface area contributed by atoms with Crippen LogP contribution in [-0.4, -0.2) is 38.0 Å². The maximum Gasteiger partial charge on any atom is 0.221 e. The zero-order chi connectivity index (χ0) is 11.1. The van der Waals surface area contributed by atoms with Crippen molar-refractivity contribution in [2.75, 3.05) is 20.1 Å². The van der Waals surface area contributed by atoms with Crippen LogP contribution in [0.1, 0.15) is 25.7 Å². The molecule has 0 aromatic heterocycles. The molecule has 15 heavy (non-hydrogen) atoms. The van der Waals surface area contributed by atoms with Crippen LogP contribution in [-0.2, 0) is 9.59 Å². The normalized spacial score (nSPS) is 14.7. The summed E-state index contributed by atoms with van der Waals surface area (Å²) in [5.41, 5.74) is 0. The minimum atomic E-state index is 0.0185. The van der Waals surface area contributed by atoms with Crippen LogP contribution < -0.4 is 16.0 Å². The van der Waals surface area contributed by atoms with Gasteiger partial charge in [0.1, 0.15) is 0 Å². The summed E-state index contributed by atoms with van der Waals surface area (Å²) in [6.07, 6.45) is 3.19. The first kappa shape index (κ1) is 12.0. The Morgan fingerprint density at radius 3 is 2.27 bits per heavy atom. The molecule has 2 amide bonds. The smallest absolute Gasteiger partial charge is 0.221 e. The molecule has 3 N–H and O–H groups in total. The van der Waals surface area contributed by atoms with Gasteiger partial charge in [0.15, 0.2) is 0 Å². The molecule has 0 unspecified atom stereocenters. The summed E-state index contributed by atoms with van der Waals surface area (Å²) in [6, 6.07) is 0.434. The third-order valence-corrected chi connectivity index (χ3v) is 2.28. The van der Waals surface area contributed by atoms with E-state index in [0.29, 0.717) is 32.0 Å². The zero-order valence-electron chi connectivity index (χ0n) is 9.14. The molecule has 1 saturated carbocycles. The highest BCUT2D eigenvalue weighted by Crippen LogP contribution is 2.18. The Kier molecular flexibility index (Phi) is 5.10. The highest BCUT2D eigenvalue weighted by Gasteiger charge is 2.22. The molecule has 0 aromatic rings. The molecule has 1 rings (SSSR count). The number of nitrogens with one attached hydrogen (secondary N) is 3. The van der Waals surface area contributed by atoms with Gasteiger partial charge >= 0.3 is 0 Å². The van der Waals surface area contributed by atoms with Gasteiger partial charge in [0.25, 0.3) is 0 Å². The Hall–Kier alpha value is -1.10. The summed E-state index contributed by atoms with van der Waals surface area (Å²) in [4.78, 5) is 22.0. The molecule has 5 heteroatoms. The standard InChI is InChI=1S/C10H19N3O2/c1-11-9(14)4-6-12-7-5-10(15)13-8-2-3-8/h8,12H,2-7H2,1H3,(H,11,14)(H,13,15). The van der Waals surface area contributed by atoms with Crippen LogP contribution in [0.3, 0.4) is 0 Å². The Morgan fingerprint density at radius 2 is 1.73 bits per heavy atom. The summed E-state index contributed by atoms with van der Waals surface area (Å²) in [5.74, 6) is 0.120. The maximum absolute atomic E-state index is 11.2. The van der Waals surface area contributed by atoms with E-state index in [4.69, 9.17) is 0 Å². The molecular formula is C10H19N3O2. The van der Waals surface area contributed by atoms with Gasteiger partial charge in [-0.1, -0.05) is 0 Å². The molecule has 0 spiro atoms. The second-order valence-electron chi connectivity index (χ2n) is 3.76. The quantitative estimate of drug-likeness (QED) is 0.494. The molecule has 1 aliphatic rings. The average Bonchev–Trinajstić information content (AvgIpc) is 3.00. The summed E-state index contributed by atoms with van der Waals surface area (Å²) >= 11 is 0. The van der Waals surface area contributed by atoms with E-state index in [1.54, 1.807) is 7.05 Å². The van der Waals surface area contributed by atoms with E-state index >= 15 is 0 Å². The molecule has 0 atom stereocenters. The van der Waals surface area contributed by atoms with Gasteiger partial charge in [-0.3, -0.25) is 9.59 Å². The second kappa shape index (κ2) is 6.40. The van der Waals surface area contributed by atoms with Crippen molar-refractivity contribution in [3.8, 4) is 0 Å². The van der Waals surface area contributed by atoms with E-state index in [9.17, 15) is 9.59 Å². The molecule has 0 radical (unpaired) electrons. The summed E-state index contributed by atoms with van der Waals surface area (Å²) in [5, 5.41) is 8.50. The Labute approximate surface area is 90.0 Å². The minimum Gasteiger partial charge on any atom is -0.359 e. The Bertz CT molecular complexity index is 227. The van der Waals surface area contributed by atoms with Crippen LogP contribution in [0.25, 0.3) is 0 Å². The van der Waals surface area contributed by atoms with Gasteiger partial charge in [0.2, 0.25) is 11.8 Å². The van der Waals surface area contributed by atoms with Gasteiger partial charge < -0.3 is 16.0 Å². The molecule has 1 fully saturated rings. The third kappa shape index (κ3) is 6.06. The van der Waals surface area contributed by atoms with Crippen LogP contribution >= 0.6 is 0 Å². The van der Waals surface area contributed by atoms with Crippen molar-refractivity contribution < 1.29 is 9.59 Å². The molecule has 0 bridgehead atoms. The molecule has 0 aromatic carbocycles. The van der Waals surface area contributed by atoms with Gasteiger partial charge in [-0.05, 0) is 12.8 Å². The minimum absolute atomic E-state index is 0.0185. The SMILES string of the molecule is CNC(=O)CCNCCC(=O)NC1CC1. The van der Waals surface area contributed by atoms with Gasteiger partial charge in [0.05, 0.1) is 0 Å². The highest BCUT2D eigenvalue weighted by molar-refractivity contribution is 5.77. The maximum atomic E-state index is 11.2. The molecule has 5 nitrogen and oxygen atoms in total. The number of hydrogen-bond acceptors (Lipinski definition) is 3. The van der Waals surface area contributed by atoms with Crippen molar-refractivity contribution >= 4 is 11.8 Å². The predicted molar refractivity (Wildman–Crippen MR) is 57.3 cm³/mol. The van der Waals surface area contributed by atoms with Gasteiger partial charge in [-0.2, -0.15) is 0 Å². The first-order chi connectivity index (χ1) is 7.22. The lowest BCUT2D eigenvalue weighted by molar-refractivity contribution is -0.121. The lowest BCUT2D eigenvalue weighted by Gasteiger charge is -2.04. The van der Waals surface area contributed by atoms with Crippen molar-refractivity contribution in [2.45, 2.75) is 31.7 Å². The van der Waals surface area contributed by atoms with Crippen LogP contribution in [0.15, 0.2) is 0 Å². The number of amides is 2. The first-order valence-corrected chi connectivity index (χ1v) is 5.43. The third-order valence-electron chi connectivity index (χ3n) is 2.28. The lowest BCUT2D eigenvalue weighted by Crippen LogP contribution is -2.30. The summed E-state index contributed by atoms with van der Waals surface area (Å²) in [7, 11) is 1.62. The van der Waals surface area contributed by atoms with Gasteiger partial charge in [0, 0.05) is 39.0 Å². The van der Waals surface area contributed by atoms with E-state index in [2.05, 4.69) is 16.0 Å². The van der Waals surface area contributed by atoms with Crippen molar-refractivity contribution in [1.29, 1.82) is 0 Å². The van der Waals surface area contributed by atoms with Gasteiger partial charge in [-0.15, -0.1) is 0 Å². The zero-order valence-corrected chi connectivity index (χ0v) is 9.14. The number of hydrogen-bond donors (Lipinski definition) is 3. The van der Waals surface area contributed by atoms with E-state index < -0.39 is 0 Å². The fourth-order valence-corrected chi connectivity index (χ4v) is 1.18. The van der Waals surface area contributed by atoms with Crippen molar-refractivity contribution in [2.24, 2.45) is 0 Å². The predicted octanol–water partition coefficient (Wildman–Crippen LogP) is -0.619. The molecule has 0 saturated heterocycles. The van der Waals surface area contributed by atoms with Gasteiger partial charge in [-0.25, -0.2) is 0 Å². The van der Waals surface area contributed by atoms with Crippen LogP contribution in [0, 0.1) is 0 Å². The molecule has 0 heterocycles. The molecule has 1 aliphatic carbocycles. The second-order valence-corrected chi connectivity index (χ2v) is 3.76. The average molecular weight is 213 g/mol. The summed E-state index contributed by atoms with van der Waals surface area (Å²) < 4.78 is 0. The highest BCUT2D eigenvalue weighted by atomic mass is 16.2. The fraction of sp³-hybridized carbons (Fsp3) is 0.800. The van der Waals surface area contributed by atoms with Crippen molar-refractivity contribution in [3.05, 3.63) is 0 Å². The van der Waals surface area contributed by atoms with Crippen molar-refractivity contribution in [3.63, 3.8) is 0 Å². The number of carbonyl (C=O) groups excluding carboxylic acids is 2. The Morgan fingerprint density at radius 1 is 1.13 bits per heavy atom. The van der Waals surface area contributed by atoms with Crippen LogP contribution in [0.5, 0.6) is 0 Å². The summed E-state index contributed by atoms with van der Waals surface area (Å²) in [6.45, 7) is 1.26. The van der Waals surface area contributed by atoms with E-state index in [0.717, 1.165) is 12.8 Å². The fourth-order valence-electron chi connectivity index (χ4n) is 1.18. The van der Waals surface area contributed by atoms with Crippen LogP contribution in [0.2, 0.25) is 0 Å². The topological polar surface area (TPSA) is 70.2 Å². The van der Waals surface area contributed by atoms with Crippen LogP contribution in [0.4, 0.5) is 0 Å². The largest absolute Gasteiger partial charge is 0.359 e. The monoisotopic (exact) mass is 213 g/mol. The van der Waals surface area contributed by atoms with E-state index in [1.807, 2.05) is 0 Å². The Balaban J connectivity index is 1.87. The number of rotatable bonds is 7. The molecule has 0 aliphatic heterocycles. The van der Waals surface area contributed by atoms with Crippen molar-refractivity contribution in [1.82, 2.24) is 16.0 Å². The van der Waals surface area contributed by atoms with E-state index in [1.165, 1.54) is 0 Å².